The second-order valence-corrected chi connectivity index (χ2v) is 3.80. The van der Waals surface area contributed by atoms with Crippen molar-refractivity contribution in [1.82, 2.24) is 4.98 Å². The van der Waals surface area contributed by atoms with E-state index in [9.17, 15) is 9.50 Å². The first-order chi connectivity index (χ1) is 8.20. The van der Waals surface area contributed by atoms with Crippen LogP contribution in [0.25, 0.3) is 0 Å². The Balaban J connectivity index is 2.21. The van der Waals surface area contributed by atoms with Crippen LogP contribution in [0, 0.1) is 5.82 Å². The number of nitrogens with one attached hydrogen (secondary N) is 1. The molecule has 1 atom stereocenters. The van der Waals surface area contributed by atoms with Crippen molar-refractivity contribution in [2.45, 2.75) is 19.6 Å². The van der Waals surface area contributed by atoms with Crippen LogP contribution >= 0.6 is 0 Å². The molecule has 0 saturated carbocycles. The van der Waals surface area contributed by atoms with E-state index >= 15 is 0 Å². The summed E-state index contributed by atoms with van der Waals surface area (Å²) in [6, 6.07) is 7.96. The van der Waals surface area contributed by atoms with Crippen LogP contribution in [-0.2, 0) is 6.61 Å². The van der Waals surface area contributed by atoms with Gasteiger partial charge in [0, 0.05) is 6.20 Å². The lowest BCUT2D eigenvalue weighted by atomic mass is 10.0. The topological polar surface area (TPSA) is 45.2 Å². The lowest BCUT2D eigenvalue weighted by Gasteiger charge is -2.16. The lowest BCUT2D eigenvalue weighted by Crippen LogP contribution is -2.07. The zero-order valence-corrected chi connectivity index (χ0v) is 9.48. The summed E-state index contributed by atoms with van der Waals surface area (Å²) in [6.07, 6.45) is 1.51. The normalized spacial score (nSPS) is 12.4. The molecule has 4 heteroatoms. The van der Waals surface area contributed by atoms with Crippen molar-refractivity contribution in [1.29, 1.82) is 0 Å². The number of aliphatic hydroxyl groups is 1. The van der Waals surface area contributed by atoms with Crippen molar-refractivity contribution in [2.24, 2.45) is 0 Å². The monoisotopic (exact) mass is 235 g/mol. The molecule has 1 unspecified atom stereocenters. The van der Waals surface area contributed by atoms with Gasteiger partial charge < -0.3 is 14.8 Å². The summed E-state index contributed by atoms with van der Waals surface area (Å²) >= 11 is 0. The van der Waals surface area contributed by atoms with Crippen LogP contribution in [0.4, 0.5) is 4.39 Å². The Kier molecular flexibility index (Phi) is 3.44. The number of rotatable bonds is 4. The highest BCUT2D eigenvalue weighted by Gasteiger charge is 2.12. The number of H-pyrrole nitrogens is 1. The van der Waals surface area contributed by atoms with E-state index in [-0.39, 0.29) is 18.5 Å². The Morgan fingerprint density at radius 3 is 2.88 bits per heavy atom. The molecule has 0 aliphatic carbocycles. The van der Waals surface area contributed by atoms with E-state index in [2.05, 4.69) is 4.98 Å². The smallest absolute Gasteiger partial charge is 0.191 e. The minimum absolute atomic E-state index is 0.203. The standard InChI is InChI=1S/C13H14FNO2/c1-9(17-13-3-2-6-15-13)12-5-4-11(14)7-10(12)8-16/h2-7,9,15-16H,8H2,1H3. The molecule has 0 amide bonds. The van der Waals surface area contributed by atoms with E-state index in [0.717, 1.165) is 5.56 Å². The summed E-state index contributed by atoms with van der Waals surface area (Å²) in [6.45, 7) is 1.65. The highest BCUT2D eigenvalue weighted by atomic mass is 19.1. The summed E-state index contributed by atoms with van der Waals surface area (Å²) in [4.78, 5) is 2.93. The lowest BCUT2D eigenvalue weighted by molar-refractivity contribution is 0.211. The predicted molar refractivity (Wildman–Crippen MR) is 62.2 cm³/mol. The molecule has 1 aromatic heterocycles. The number of aromatic amines is 1. The van der Waals surface area contributed by atoms with Gasteiger partial charge in [0.25, 0.3) is 0 Å². The maximum atomic E-state index is 13.0. The fraction of sp³-hybridized carbons (Fsp3) is 0.231. The van der Waals surface area contributed by atoms with E-state index in [1.165, 1.54) is 12.1 Å². The van der Waals surface area contributed by atoms with Crippen LogP contribution < -0.4 is 4.74 Å². The van der Waals surface area contributed by atoms with Gasteiger partial charge in [0.05, 0.1) is 6.61 Å². The number of benzene rings is 1. The van der Waals surface area contributed by atoms with Gasteiger partial charge in [-0.2, -0.15) is 0 Å². The molecular weight excluding hydrogens is 221 g/mol. The Morgan fingerprint density at radius 1 is 1.41 bits per heavy atom. The number of aliphatic hydroxyl groups excluding tert-OH is 1. The second-order valence-electron chi connectivity index (χ2n) is 3.80. The highest BCUT2D eigenvalue weighted by Crippen LogP contribution is 2.24. The zero-order chi connectivity index (χ0) is 12.3. The van der Waals surface area contributed by atoms with Crippen molar-refractivity contribution in [3.63, 3.8) is 0 Å². The largest absolute Gasteiger partial charge is 0.471 e. The quantitative estimate of drug-likeness (QED) is 0.855. The number of hydrogen-bond donors (Lipinski definition) is 2. The minimum atomic E-state index is -0.357. The van der Waals surface area contributed by atoms with Gasteiger partial charge in [0.2, 0.25) is 0 Å². The summed E-state index contributed by atoms with van der Waals surface area (Å²) in [5.74, 6) is 0.288. The summed E-state index contributed by atoms with van der Waals surface area (Å²) in [5.41, 5.74) is 1.33. The average molecular weight is 235 g/mol. The molecule has 90 valence electrons. The fourth-order valence-electron chi connectivity index (χ4n) is 1.75. The Labute approximate surface area is 98.9 Å². The molecule has 0 aliphatic rings. The number of ether oxygens (including phenoxy) is 1. The van der Waals surface area contributed by atoms with E-state index in [1.54, 1.807) is 18.3 Å². The Morgan fingerprint density at radius 2 is 2.24 bits per heavy atom. The molecule has 0 bridgehead atoms. The van der Waals surface area contributed by atoms with Crippen molar-refractivity contribution < 1.29 is 14.2 Å². The van der Waals surface area contributed by atoms with Gasteiger partial charge in [0.15, 0.2) is 5.88 Å². The van der Waals surface area contributed by atoms with E-state index in [0.29, 0.717) is 11.4 Å². The van der Waals surface area contributed by atoms with Crippen LogP contribution in [0.5, 0.6) is 5.88 Å². The zero-order valence-electron chi connectivity index (χ0n) is 9.48. The van der Waals surface area contributed by atoms with Gasteiger partial charge >= 0.3 is 0 Å². The van der Waals surface area contributed by atoms with Crippen LogP contribution in [-0.4, -0.2) is 10.1 Å². The molecule has 0 aliphatic heterocycles. The van der Waals surface area contributed by atoms with Gasteiger partial charge in [0.1, 0.15) is 11.9 Å². The van der Waals surface area contributed by atoms with Crippen LogP contribution in [0.3, 0.4) is 0 Å². The van der Waals surface area contributed by atoms with Crippen molar-refractivity contribution >= 4 is 0 Å². The summed E-state index contributed by atoms with van der Waals surface area (Å²) < 4.78 is 18.7. The van der Waals surface area contributed by atoms with Crippen LogP contribution in [0.1, 0.15) is 24.2 Å². The Hall–Kier alpha value is -1.81. The third-order valence-corrected chi connectivity index (χ3v) is 2.59. The van der Waals surface area contributed by atoms with Crippen molar-refractivity contribution in [3.8, 4) is 5.88 Å². The molecule has 0 spiro atoms. The molecule has 0 fully saturated rings. The maximum Gasteiger partial charge on any atom is 0.191 e. The molecule has 1 aromatic carbocycles. The first-order valence-electron chi connectivity index (χ1n) is 5.40. The minimum Gasteiger partial charge on any atom is -0.471 e. The van der Waals surface area contributed by atoms with Crippen molar-refractivity contribution in [2.75, 3.05) is 0 Å². The predicted octanol–water partition coefficient (Wildman–Crippen LogP) is 2.79. The van der Waals surface area contributed by atoms with Crippen LogP contribution in [0.2, 0.25) is 0 Å². The summed E-state index contributed by atoms with van der Waals surface area (Å²) in [5, 5.41) is 9.19. The highest BCUT2D eigenvalue weighted by molar-refractivity contribution is 5.30. The van der Waals surface area contributed by atoms with Gasteiger partial charge in [-0.3, -0.25) is 0 Å². The average Bonchev–Trinajstić information content (AvgIpc) is 2.81. The number of hydrogen-bond acceptors (Lipinski definition) is 2. The second kappa shape index (κ2) is 5.01. The maximum absolute atomic E-state index is 13.0. The number of halogens is 1. The molecule has 2 rings (SSSR count). The third-order valence-electron chi connectivity index (χ3n) is 2.59. The molecular formula is C13H14FNO2. The molecule has 2 aromatic rings. The molecule has 2 N–H and O–H groups in total. The summed E-state index contributed by atoms with van der Waals surface area (Å²) in [7, 11) is 0. The number of aromatic nitrogens is 1. The van der Waals surface area contributed by atoms with Crippen molar-refractivity contribution in [3.05, 3.63) is 53.5 Å². The Bertz CT molecular complexity index is 482. The van der Waals surface area contributed by atoms with E-state index in [4.69, 9.17) is 4.74 Å². The first kappa shape index (κ1) is 11.7. The van der Waals surface area contributed by atoms with E-state index < -0.39 is 0 Å². The first-order valence-corrected chi connectivity index (χ1v) is 5.40. The SMILES string of the molecule is CC(Oc1ccc[nH]1)c1ccc(F)cc1CO. The van der Waals surface area contributed by atoms with Gasteiger partial charge in [-0.25, -0.2) is 4.39 Å². The molecule has 0 saturated heterocycles. The van der Waals surface area contributed by atoms with Gasteiger partial charge in [-0.1, -0.05) is 6.07 Å². The van der Waals surface area contributed by atoms with Gasteiger partial charge in [-0.05, 0) is 42.3 Å². The van der Waals surface area contributed by atoms with E-state index in [1.807, 2.05) is 13.0 Å². The fourth-order valence-corrected chi connectivity index (χ4v) is 1.75. The van der Waals surface area contributed by atoms with Crippen LogP contribution in [0.15, 0.2) is 36.5 Å². The molecule has 0 radical (unpaired) electrons. The molecule has 3 nitrogen and oxygen atoms in total. The molecule has 1 heterocycles. The third kappa shape index (κ3) is 2.65. The molecule has 17 heavy (non-hydrogen) atoms. The van der Waals surface area contributed by atoms with Gasteiger partial charge in [-0.15, -0.1) is 0 Å².